The molecule has 0 spiro atoms. The lowest BCUT2D eigenvalue weighted by molar-refractivity contribution is 0.106. The summed E-state index contributed by atoms with van der Waals surface area (Å²) in [5.41, 5.74) is 0.247. The number of rotatable bonds is 5. The van der Waals surface area contributed by atoms with Crippen LogP contribution in [0.4, 0.5) is 0 Å². The summed E-state index contributed by atoms with van der Waals surface area (Å²) in [5.74, 6) is 0. The normalized spacial score (nSPS) is 15.7. The topological polar surface area (TPSA) is 63.8 Å². The highest BCUT2D eigenvalue weighted by molar-refractivity contribution is 5.15. The summed E-state index contributed by atoms with van der Waals surface area (Å²) in [5, 5.41) is 18.2. The summed E-state index contributed by atoms with van der Waals surface area (Å²) in [6.07, 6.45) is 5.79. The third-order valence-corrected chi connectivity index (χ3v) is 3.16. The van der Waals surface area contributed by atoms with E-state index in [1.54, 1.807) is 24.0 Å². The Morgan fingerprint density at radius 3 is 2.89 bits per heavy atom. The molecule has 0 radical (unpaired) electrons. The Bertz CT molecular complexity index is 548. The minimum Gasteiger partial charge on any atom is -0.380 e. The molecule has 0 aliphatic heterocycles. The zero-order valence-corrected chi connectivity index (χ0v) is 11.2. The summed E-state index contributed by atoms with van der Waals surface area (Å²) in [6.45, 7) is 7.30. The molecule has 2 atom stereocenters. The first kappa shape index (κ1) is 13.4. The fourth-order valence-corrected chi connectivity index (χ4v) is 1.87. The molecule has 2 aromatic rings. The Labute approximate surface area is 112 Å². The van der Waals surface area contributed by atoms with E-state index in [4.69, 9.17) is 0 Å². The molecule has 1 unspecified atom stereocenters. The number of aromatic nitrogens is 4. The van der Waals surface area contributed by atoms with E-state index in [1.165, 1.54) is 6.08 Å². The monoisotopic (exact) mass is 258 g/mol. The second-order valence-corrected chi connectivity index (χ2v) is 4.61. The maximum atomic E-state index is 10.1. The van der Waals surface area contributed by atoms with Crippen LogP contribution in [-0.4, -0.2) is 25.1 Å². The van der Waals surface area contributed by atoms with Crippen molar-refractivity contribution >= 4 is 0 Å². The van der Waals surface area contributed by atoms with Crippen LogP contribution in [0.3, 0.4) is 0 Å². The number of hydrogen-bond donors (Lipinski definition) is 1. The Balaban J connectivity index is 2.33. The molecule has 0 fully saturated rings. The number of aliphatic hydroxyl groups is 1. The van der Waals surface area contributed by atoms with Crippen molar-refractivity contribution in [2.45, 2.75) is 31.9 Å². The highest BCUT2D eigenvalue weighted by atomic mass is 16.3. The first-order chi connectivity index (χ1) is 9.08. The van der Waals surface area contributed by atoms with Gasteiger partial charge in [0.1, 0.15) is 11.3 Å². The van der Waals surface area contributed by atoms with Crippen LogP contribution < -0.4 is 0 Å². The Morgan fingerprint density at radius 2 is 2.32 bits per heavy atom. The van der Waals surface area contributed by atoms with Gasteiger partial charge in [-0.1, -0.05) is 30.9 Å². The van der Waals surface area contributed by atoms with E-state index in [0.717, 1.165) is 12.1 Å². The summed E-state index contributed by atoms with van der Waals surface area (Å²) >= 11 is 0. The largest absolute Gasteiger partial charge is 0.380 e. The molecule has 5 nitrogen and oxygen atoms in total. The molecule has 1 N–H and O–H groups in total. The predicted octanol–water partition coefficient (Wildman–Crippen LogP) is 2.07. The zero-order chi connectivity index (χ0) is 13.9. The van der Waals surface area contributed by atoms with Crippen molar-refractivity contribution < 1.29 is 5.11 Å². The van der Waals surface area contributed by atoms with E-state index in [-0.39, 0.29) is 6.04 Å². The molecule has 0 saturated heterocycles. The highest BCUT2D eigenvalue weighted by Crippen LogP contribution is 2.23. The molecule has 0 aromatic carbocycles. The average Bonchev–Trinajstić information content (AvgIpc) is 2.91. The van der Waals surface area contributed by atoms with E-state index in [9.17, 15) is 5.11 Å². The van der Waals surface area contributed by atoms with Gasteiger partial charge >= 0.3 is 0 Å². The fraction of sp³-hybridized carbons (Fsp3) is 0.357. The number of hydrogen-bond acceptors (Lipinski definition) is 4. The molecule has 0 aliphatic carbocycles. The molecule has 0 bridgehead atoms. The van der Waals surface area contributed by atoms with Gasteiger partial charge in [-0.15, -0.1) is 5.10 Å². The van der Waals surface area contributed by atoms with Crippen molar-refractivity contribution in [2.24, 2.45) is 0 Å². The summed E-state index contributed by atoms with van der Waals surface area (Å²) < 4.78 is 1.73. The molecule has 2 heterocycles. The fourth-order valence-electron chi connectivity index (χ4n) is 1.87. The smallest absolute Gasteiger partial charge is 0.125 e. The Hall–Kier alpha value is -2.01. The van der Waals surface area contributed by atoms with Gasteiger partial charge in [-0.3, -0.25) is 4.98 Å². The first-order valence-electron chi connectivity index (χ1n) is 6.27. The quantitative estimate of drug-likeness (QED) is 0.834. The molecule has 0 aliphatic rings. The van der Waals surface area contributed by atoms with Crippen LogP contribution in [0.15, 0.2) is 43.2 Å². The predicted molar refractivity (Wildman–Crippen MR) is 72.5 cm³/mol. The third-order valence-electron chi connectivity index (χ3n) is 3.16. The van der Waals surface area contributed by atoms with Crippen LogP contribution in [-0.2, 0) is 5.60 Å². The SMILES string of the molecule is C=CC(C)(O)c1cn([C@H](CC)c2ccccn2)nn1. The van der Waals surface area contributed by atoms with Crippen molar-refractivity contribution in [1.82, 2.24) is 20.0 Å². The van der Waals surface area contributed by atoms with E-state index in [2.05, 4.69) is 28.8 Å². The van der Waals surface area contributed by atoms with Gasteiger partial charge in [-0.05, 0) is 25.5 Å². The third kappa shape index (κ3) is 2.71. The van der Waals surface area contributed by atoms with Crippen LogP contribution in [0.1, 0.15) is 37.7 Å². The summed E-state index contributed by atoms with van der Waals surface area (Å²) in [6, 6.07) is 5.80. The number of nitrogens with zero attached hydrogens (tertiary/aromatic N) is 4. The Kier molecular flexibility index (Phi) is 3.76. The second kappa shape index (κ2) is 5.32. The Morgan fingerprint density at radius 1 is 1.53 bits per heavy atom. The molecule has 0 amide bonds. The van der Waals surface area contributed by atoms with Gasteiger partial charge in [-0.2, -0.15) is 0 Å². The van der Waals surface area contributed by atoms with E-state index in [0.29, 0.717) is 5.69 Å². The highest BCUT2D eigenvalue weighted by Gasteiger charge is 2.24. The van der Waals surface area contributed by atoms with Crippen molar-refractivity contribution in [3.05, 3.63) is 54.6 Å². The lowest BCUT2D eigenvalue weighted by Gasteiger charge is -2.15. The summed E-state index contributed by atoms with van der Waals surface area (Å²) in [4.78, 5) is 4.35. The van der Waals surface area contributed by atoms with E-state index < -0.39 is 5.60 Å². The average molecular weight is 258 g/mol. The minimum absolute atomic E-state index is 0.0167. The molecule has 2 rings (SSSR count). The molecule has 19 heavy (non-hydrogen) atoms. The van der Waals surface area contributed by atoms with Gasteiger partial charge in [0.05, 0.1) is 17.9 Å². The van der Waals surface area contributed by atoms with Gasteiger partial charge < -0.3 is 5.11 Å². The molecule has 5 heteroatoms. The standard InChI is InChI=1S/C14H18N4O/c1-4-12(11-8-6-7-9-15-11)18-10-13(16-17-18)14(3,19)5-2/h5-10,12,19H,2,4H2,1,3H3/t12-,14?/m1/s1. The van der Waals surface area contributed by atoms with Crippen LogP contribution in [0.25, 0.3) is 0 Å². The van der Waals surface area contributed by atoms with Gasteiger partial charge in [0.2, 0.25) is 0 Å². The van der Waals surface area contributed by atoms with E-state index in [1.807, 2.05) is 18.2 Å². The zero-order valence-electron chi connectivity index (χ0n) is 11.2. The lowest BCUT2D eigenvalue weighted by Crippen LogP contribution is -2.18. The van der Waals surface area contributed by atoms with Gasteiger partial charge in [-0.25, -0.2) is 4.68 Å². The van der Waals surface area contributed by atoms with Crippen molar-refractivity contribution in [2.75, 3.05) is 0 Å². The number of pyridine rings is 1. The maximum absolute atomic E-state index is 10.1. The summed E-state index contributed by atoms with van der Waals surface area (Å²) in [7, 11) is 0. The first-order valence-corrected chi connectivity index (χ1v) is 6.27. The molecule has 2 aromatic heterocycles. The molecular formula is C14H18N4O. The van der Waals surface area contributed by atoms with Gasteiger partial charge in [0.15, 0.2) is 0 Å². The van der Waals surface area contributed by atoms with Gasteiger partial charge in [0, 0.05) is 6.20 Å². The lowest BCUT2D eigenvalue weighted by atomic mass is 10.0. The van der Waals surface area contributed by atoms with Crippen LogP contribution >= 0.6 is 0 Å². The molecular weight excluding hydrogens is 240 g/mol. The van der Waals surface area contributed by atoms with Crippen molar-refractivity contribution in [3.8, 4) is 0 Å². The van der Waals surface area contributed by atoms with Crippen LogP contribution in [0.5, 0.6) is 0 Å². The van der Waals surface area contributed by atoms with E-state index >= 15 is 0 Å². The minimum atomic E-state index is -1.17. The van der Waals surface area contributed by atoms with Crippen molar-refractivity contribution in [1.29, 1.82) is 0 Å². The maximum Gasteiger partial charge on any atom is 0.125 e. The van der Waals surface area contributed by atoms with Crippen LogP contribution in [0, 0.1) is 0 Å². The molecule has 100 valence electrons. The van der Waals surface area contributed by atoms with Crippen molar-refractivity contribution in [3.63, 3.8) is 0 Å². The second-order valence-electron chi connectivity index (χ2n) is 4.61. The molecule has 0 saturated carbocycles. The van der Waals surface area contributed by atoms with Gasteiger partial charge in [0.25, 0.3) is 0 Å². The van der Waals surface area contributed by atoms with Crippen LogP contribution in [0.2, 0.25) is 0 Å².